The van der Waals surface area contributed by atoms with Crippen LogP contribution >= 0.6 is 18.2 Å². The molecule has 1 unspecified atom stereocenters. The van der Waals surface area contributed by atoms with Crippen molar-refractivity contribution in [1.29, 1.82) is 0 Å². The number of nitrogens with zero attached hydrogens (tertiary/aromatic N) is 1. The fraction of sp³-hybridized carbons (Fsp3) is 1.00. The van der Waals surface area contributed by atoms with Gasteiger partial charge in [0, 0.05) is 19.4 Å². The van der Waals surface area contributed by atoms with Crippen LogP contribution in [0.25, 0.3) is 0 Å². The molecular formula is C7H18NO3PS. The highest BCUT2D eigenvalue weighted by molar-refractivity contribution is 8.54. The second kappa shape index (κ2) is 6.85. The molecule has 0 aromatic carbocycles. The van der Waals surface area contributed by atoms with Crippen LogP contribution in [-0.4, -0.2) is 42.3 Å². The van der Waals surface area contributed by atoms with Crippen LogP contribution in [0.3, 0.4) is 0 Å². The number of hydrogen-bond acceptors (Lipinski definition) is 4. The predicted octanol–water partition coefficient (Wildman–Crippen LogP) is 1.81. The molecule has 0 fully saturated rings. The average Bonchev–Trinajstić information content (AvgIpc) is 2.12. The van der Waals surface area contributed by atoms with Crippen molar-refractivity contribution in [2.75, 3.05) is 32.5 Å². The maximum Gasteiger partial charge on any atom is 0.386 e. The van der Waals surface area contributed by atoms with Crippen LogP contribution in [0.5, 0.6) is 0 Å². The van der Waals surface area contributed by atoms with Crippen molar-refractivity contribution in [3.8, 4) is 0 Å². The second-order valence-electron chi connectivity index (χ2n) is 2.51. The summed E-state index contributed by atoms with van der Waals surface area (Å²) in [6, 6.07) is 0. The molecule has 13 heavy (non-hydrogen) atoms. The Kier molecular flexibility index (Phi) is 7.09. The van der Waals surface area contributed by atoms with Crippen LogP contribution in [-0.2, 0) is 9.09 Å². The molecule has 1 N–H and O–H groups in total. The summed E-state index contributed by atoms with van der Waals surface area (Å²) < 4.78 is 15.5. The Labute approximate surface area is 83.9 Å². The van der Waals surface area contributed by atoms with Crippen molar-refractivity contribution in [3.63, 3.8) is 0 Å². The molecule has 0 spiro atoms. The Bertz CT molecular complexity index is 175. The summed E-state index contributed by atoms with van der Waals surface area (Å²) in [7, 11) is 1.26. The zero-order valence-electron chi connectivity index (χ0n) is 8.39. The molecule has 0 aliphatic rings. The molecule has 0 aromatic heterocycles. The van der Waals surface area contributed by atoms with Gasteiger partial charge in [-0.05, 0) is 24.5 Å². The Morgan fingerprint density at radius 1 is 1.46 bits per heavy atom. The Balaban J connectivity index is 3.60. The molecule has 1 atom stereocenters. The lowest BCUT2D eigenvalue weighted by molar-refractivity contribution is 0.322. The van der Waals surface area contributed by atoms with Crippen molar-refractivity contribution >= 4 is 18.2 Å². The van der Waals surface area contributed by atoms with E-state index in [1.807, 2.05) is 0 Å². The Hall–Kier alpha value is 0.460. The lowest BCUT2D eigenvalue weighted by atomic mass is 10.5. The first kappa shape index (κ1) is 13.5. The van der Waals surface area contributed by atoms with E-state index in [0.29, 0.717) is 5.75 Å². The van der Waals surface area contributed by atoms with Crippen LogP contribution in [0, 0.1) is 0 Å². The fourth-order valence-electron chi connectivity index (χ4n) is 0.878. The zero-order chi connectivity index (χ0) is 10.3. The third-order valence-corrected chi connectivity index (χ3v) is 4.91. The lowest BCUT2D eigenvalue weighted by Crippen LogP contribution is -2.25. The van der Waals surface area contributed by atoms with Gasteiger partial charge in [-0.25, -0.2) is 4.57 Å². The molecule has 0 aromatic rings. The summed E-state index contributed by atoms with van der Waals surface area (Å²) in [4.78, 5) is 11.3. The first-order chi connectivity index (χ1) is 6.05. The van der Waals surface area contributed by atoms with Gasteiger partial charge in [-0.15, -0.1) is 0 Å². The van der Waals surface area contributed by atoms with E-state index in [9.17, 15) is 4.57 Å². The van der Waals surface area contributed by atoms with Gasteiger partial charge in [0.05, 0.1) is 0 Å². The average molecular weight is 227 g/mol. The minimum Gasteiger partial charge on any atom is -0.316 e. The van der Waals surface area contributed by atoms with Crippen molar-refractivity contribution in [2.45, 2.75) is 13.8 Å². The summed E-state index contributed by atoms with van der Waals surface area (Å²) in [6.45, 7) is 3.55. The molecule has 0 bridgehead atoms. The molecule has 0 radical (unpaired) electrons. The Morgan fingerprint density at radius 2 is 2.00 bits per heavy atom. The number of rotatable bonds is 7. The molecule has 0 aliphatic carbocycles. The van der Waals surface area contributed by atoms with E-state index in [0.717, 1.165) is 31.0 Å². The maximum atomic E-state index is 11.0. The summed E-state index contributed by atoms with van der Waals surface area (Å²) in [5, 5.41) is 0. The van der Waals surface area contributed by atoms with Gasteiger partial charge in [-0.1, -0.05) is 13.8 Å². The third-order valence-electron chi connectivity index (χ3n) is 1.79. The quantitative estimate of drug-likeness (QED) is 0.672. The fourth-order valence-corrected chi connectivity index (χ4v) is 2.81. The van der Waals surface area contributed by atoms with Crippen molar-refractivity contribution in [1.82, 2.24) is 4.90 Å². The normalized spacial score (nSPS) is 16.1. The van der Waals surface area contributed by atoms with Gasteiger partial charge < -0.3 is 14.3 Å². The van der Waals surface area contributed by atoms with Gasteiger partial charge >= 0.3 is 6.80 Å². The standard InChI is InChI=1S/C7H18NO3PS/c1-4-8(5-2)6-7-13-12(9,10)11-3/h4-7H2,1-3H3,(H,9,10). The summed E-state index contributed by atoms with van der Waals surface area (Å²) >= 11 is 0.985. The summed E-state index contributed by atoms with van der Waals surface area (Å²) in [5.74, 6) is 0.628. The van der Waals surface area contributed by atoms with Gasteiger partial charge in [0.15, 0.2) is 0 Å². The summed E-state index contributed by atoms with van der Waals surface area (Å²) in [5.41, 5.74) is 0. The van der Waals surface area contributed by atoms with E-state index in [-0.39, 0.29) is 0 Å². The van der Waals surface area contributed by atoms with E-state index in [4.69, 9.17) is 4.89 Å². The van der Waals surface area contributed by atoms with Crippen molar-refractivity contribution in [2.24, 2.45) is 0 Å². The maximum absolute atomic E-state index is 11.0. The number of hydrogen-bond donors (Lipinski definition) is 1. The van der Waals surface area contributed by atoms with Gasteiger partial charge in [-0.2, -0.15) is 0 Å². The van der Waals surface area contributed by atoms with Gasteiger partial charge in [0.1, 0.15) is 0 Å². The molecule has 0 aliphatic heterocycles. The molecule has 0 amide bonds. The largest absolute Gasteiger partial charge is 0.386 e. The van der Waals surface area contributed by atoms with Gasteiger partial charge in [0.25, 0.3) is 0 Å². The molecule has 4 nitrogen and oxygen atoms in total. The third kappa shape index (κ3) is 6.52. The zero-order valence-corrected chi connectivity index (χ0v) is 10.1. The van der Waals surface area contributed by atoms with E-state index in [1.165, 1.54) is 7.11 Å². The molecular weight excluding hydrogens is 209 g/mol. The molecule has 0 saturated carbocycles. The van der Waals surface area contributed by atoms with Crippen LogP contribution < -0.4 is 0 Å². The predicted molar refractivity (Wildman–Crippen MR) is 57.1 cm³/mol. The highest BCUT2D eigenvalue weighted by atomic mass is 32.7. The molecule has 80 valence electrons. The van der Waals surface area contributed by atoms with Crippen molar-refractivity contribution in [3.05, 3.63) is 0 Å². The second-order valence-corrected chi connectivity index (χ2v) is 6.64. The highest BCUT2D eigenvalue weighted by Gasteiger charge is 2.17. The topological polar surface area (TPSA) is 49.8 Å². The van der Waals surface area contributed by atoms with E-state index < -0.39 is 6.80 Å². The van der Waals surface area contributed by atoms with Crippen LogP contribution in [0.15, 0.2) is 0 Å². The molecule has 0 saturated heterocycles. The minimum atomic E-state index is -3.36. The monoisotopic (exact) mass is 227 g/mol. The van der Waals surface area contributed by atoms with Crippen LogP contribution in [0.1, 0.15) is 13.8 Å². The SMILES string of the molecule is CCN(CC)CCSP(=O)(O)OC. The molecule has 0 heterocycles. The van der Waals surface area contributed by atoms with Crippen molar-refractivity contribution < 1.29 is 14.0 Å². The molecule has 0 rings (SSSR count). The van der Waals surface area contributed by atoms with Gasteiger partial charge in [0.2, 0.25) is 0 Å². The highest BCUT2D eigenvalue weighted by Crippen LogP contribution is 2.54. The molecule has 6 heteroatoms. The smallest absolute Gasteiger partial charge is 0.316 e. The minimum absolute atomic E-state index is 0.628. The first-order valence-corrected chi connectivity index (χ1v) is 7.48. The lowest BCUT2D eigenvalue weighted by Gasteiger charge is -2.17. The van der Waals surface area contributed by atoms with Crippen LogP contribution in [0.2, 0.25) is 0 Å². The summed E-state index contributed by atoms with van der Waals surface area (Å²) in [6.07, 6.45) is 0. The van der Waals surface area contributed by atoms with E-state index in [2.05, 4.69) is 23.3 Å². The van der Waals surface area contributed by atoms with E-state index >= 15 is 0 Å². The van der Waals surface area contributed by atoms with Crippen LogP contribution in [0.4, 0.5) is 0 Å². The Morgan fingerprint density at radius 3 is 2.38 bits per heavy atom. The van der Waals surface area contributed by atoms with Gasteiger partial charge in [-0.3, -0.25) is 0 Å². The van der Waals surface area contributed by atoms with E-state index in [1.54, 1.807) is 0 Å². The first-order valence-electron chi connectivity index (χ1n) is 4.31.